The highest BCUT2D eigenvalue weighted by atomic mass is 32.1. The van der Waals surface area contributed by atoms with Gasteiger partial charge in [-0.2, -0.15) is 5.10 Å². The van der Waals surface area contributed by atoms with Crippen LogP contribution in [-0.2, 0) is 4.74 Å². The average molecular weight is 414 g/mol. The molecule has 0 atom stereocenters. The van der Waals surface area contributed by atoms with Gasteiger partial charge in [0.25, 0.3) is 5.91 Å². The number of carbonyl (C=O) groups excluding carboxylic acids is 1. The summed E-state index contributed by atoms with van der Waals surface area (Å²) in [5.74, 6) is -0.0545. The zero-order chi connectivity index (χ0) is 20.4. The highest BCUT2D eigenvalue weighted by Crippen LogP contribution is 2.31. The fourth-order valence-corrected chi connectivity index (χ4v) is 4.64. The van der Waals surface area contributed by atoms with Crippen LogP contribution in [0.4, 0.5) is 5.13 Å². The fraction of sp³-hybridized carbons (Fsp3) is 0.476. The summed E-state index contributed by atoms with van der Waals surface area (Å²) in [6.45, 7) is 10.8. The number of para-hydroxylation sites is 1. The van der Waals surface area contributed by atoms with Gasteiger partial charge in [-0.25, -0.2) is 4.98 Å². The quantitative estimate of drug-likeness (QED) is 0.620. The van der Waals surface area contributed by atoms with E-state index in [1.165, 1.54) is 0 Å². The molecule has 0 radical (unpaired) electrons. The van der Waals surface area contributed by atoms with Crippen molar-refractivity contribution < 1.29 is 9.53 Å². The predicted octanol–water partition coefficient (Wildman–Crippen LogP) is 3.36. The van der Waals surface area contributed by atoms with E-state index in [1.807, 2.05) is 24.8 Å². The van der Waals surface area contributed by atoms with Crippen molar-refractivity contribution >= 4 is 32.6 Å². The van der Waals surface area contributed by atoms with Gasteiger partial charge in [0.05, 0.1) is 23.4 Å². The summed E-state index contributed by atoms with van der Waals surface area (Å²) >= 11 is 1.57. The Morgan fingerprint density at radius 3 is 2.79 bits per heavy atom. The number of anilines is 1. The number of nitrogens with zero attached hydrogens (tertiary/aromatic N) is 5. The first-order valence-corrected chi connectivity index (χ1v) is 10.9. The molecule has 29 heavy (non-hydrogen) atoms. The molecule has 8 heteroatoms. The zero-order valence-electron chi connectivity index (χ0n) is 17.2. The number of aromatic nitrogens is 3. The molecule has 0 N–H and O–H groups in total. The Hall–Kier alpha value is -2.29. The lowest BCUT2D eigenvalue weighted by atomic mass is 10.2. The minimum Gasteiger partial charge on any atom is -0.379 e. The van der Waals surface area contributed by atoms with E-state index in [0.717, 1.165) is 53.8 Å². The molecule has 7 nitrogen and oxygen atoms in total. The largest absolute Gasteiger partial charge is 0.379 e. The molecule has 0 unspecified atom stereocenters. The SMILES string of the molecule is Cc1cccc2sc(N(CCN3CCOCC3)C(=O)c3ccnn3C(C)C)nc12. The molecule has 0 aliphatic carbocycles. The maximum Gasteiger partial charge on any atom is 0.278 e. The van der Waals surface area contributed by atoms with Crippen LogP contribution in [-0.4, -0.2) is 65.0 Å². The molecular formula is C21H27N5O2S. The molecule has 1 fully saturated rings. The molecule has 1 aliphatic heterocycles. The number of hydrogen-bond donors (Lipinski definition) is 0. The first-order chi connectivity index (χ1) is 14.0. The Labute approximate surface area is 174 Å². The van der Waals surface area contributed by atoms with Gasteiger partial charge >= 0.3 is 0 Å². The molecule has 0 saturated carbocycles. The summed E-state index contributed by atoms with van der Waals surface area (Å²) in [5.41, 5.74) is 2.68. The van der Waals surface area contributed by atoms with Crippen LogP contribution < -0.4 is 4.90 Å². The predicted molar refractivity (Wildman–Crippen MR) is 116 cm³/mol. The van der Waals surface area contributed by atoms with Gasteiger partial charge in [0.15, 0.2) is 5.13 Å². The Morgan fingerprint density at radius 1 is 1.28 bits per heavy atom. The van der Waals surface area contributed by atoms with Gasteiger partial charge in [-0.3, -0.25) is 19.3 Å². The molecule has 0 spiro atoms. The van der Waals surface area contributed by atoms with Crippen LogP contribution in [0.15, 0.2) is 30.5 Å². The topological polar surface area (TPSA) is 63.5 Å². The lowest BCUT2D eigenvalue weighted by Gasteiger charge is -2.29. The summed E-state index contributed by atoms with van der Waals surface area (Å²) in [5, 5.41) is 5.08. The van der Waals surface area contributed by atoms with Crippen LogP contribution in [0.5, 0.6) is 0 Å². The summed E-state index contributed by atoms with van der Waals surface area (Å²) in [6, 6.07) is 8.06. The second-order valence-electron chi connectivity index (χ2n) is 7.58. The summed E-state index contributed by atoms with van der Waals surface area (Å²) in [7, 11) is 0. The van der Waals surface area contributed by atoms with Crippen molar-refractivity contribution in [3.63, 3.8) is 0 Å². The van der Waals surface area contributed by atoms with E-state index in [0.29, 0.717) is 12.2 Å². The van der Waals surface area contributed by atoms with Crippen molar-refractivity contribution in [2.45, 2.75) is 26.8 Å². The Kier molecular flexibility index (Phi) is 5.94. The molecule has 3 aromatic rings. The molecule has 0 bridgehead atoms. The minimum absolute atomic E-state index is 0.0545. The average Bonchev–Trinajstić information content (AvgIpc) is 3.37. The lowest BCUT2D eigenvalue weighted by Crippen LogP contribution is -2.43. The Bertz CT molecular complexity index is 990. The smallest absolute Gasteiger partial charge is 0.278 e. The van der Waals surface area contributed by atoms with E-state index in [9.17, 15) is 4.79 Å². The number of carbonyl (C=O) groups is 1. The first-order valence-electron chi connectivity index (χ1n) is 10.1. The maximum absolute atomic E-state index is 13.6. The normalized spacial score (nSPS) is 15.3. The molecular weight excluding hydrogens is 386 g/mol. The number of aryl methyl sites for hydroxylation is 1. The molecule has 4 rings (SSSR count). The van der Waals surface area contributed by atoms with Crippen molar-refractivity contribution in [1.82, 2.24) is 19.7 Å². The van der Waals surface area contributed by atoms with Crippen molar-refractivity contribution in [3.05, 3.63) is 41.7 Å². The maximum atomic E-state index is 13.6. The number of rotatable bonds is 6. The van der Waals surface area contributed by atoms with E-state index < -0.39 is 0 Å². The Morgan fingerprint density at radius 2 is 2.07 bits per heavy atom. The lowest BCUT2D eigenvalue weighted by molar-refractivity contribution is 0.0391. The molecule has 3 heterocycles. The molecule has 1 aromatic carbocycles. The van der Waals surface area contributed by atoms with Gasteiger partial charge < -0.3 is 4.74 Å². The minimum atomic E-state index is -0.0545. The molecule has 154 valence electrons. The first kappa shape index (κ1) is 20.0. The van der Waals surface area contributed by atoms with Crippen LogP contribution in [0.3, 0.4) is 0 Å². The standard InChI is InChI=1S/C21H27N5O2S/c1-15(2)26-17(7-8-22-26)20(27)25(10-9-24-11-13-28-14-12-24)21-23-19-16(3)5-4-6-18(19)29-21/h4-8,15H,9-14H2,1-3H3. The van der Waals surface area contributed by atoms with Crippen LogP contribution in [0, 0.1) is 6.92 Å². The Balaban J connectivity index is 1.66. The molecule has 1 aliphatic rings. The van der Waals surface area contributed by atoms with E-state index in [4.69, 9.17) is 9.72 Å². The number of amides is 1. The van der Waals surface area contributed by atoms with Gasteiger partial charge in [0, 0.05) is 38.4 Å². The third-order valence-electron chi connectivity index (χ3n) is 5.21. The number of fused-ring (bicyclic) bond motifs is 1. The number of benzene rings is 1. The highest BCUT2D eigenvalue weighted by Gasteiger charge is 2.26. The van der Waals surface area contributed by atoms with Crippen LogP contribution in [0.1, 0.15) is 35.9 Å². The van der Waals surface area contributed by atoms with Gasteiger partial charge in [0.1, 0.15) is 5.69 Å². The van der Waals surface area contributed by atoms with E-state index in [1.54, 1.807) is 28.3 Å². The summed E-state index contributed by atoms with van der Waals surface area (Å²) in [6.07, 6.45) is 1.69. The van der Waals surface area contributed by atoms with Crippen LogP contribution in [0.2, 0.25) is 0 Å². The monoisotopic (exact) mass is 413 g/mol. The van der Waals surface area contributed by atoms with Crippen molar-refractivity contribution in [3.8, 4) is 0 Å². The third kappa shape index (κ3) is 4.19. The number of thiazole rings is 1. The van der Waals surface area contributed by atoms with Gasteiger partial charge in [0.2, 0.25) is 0 Å². The van der Waals surface area contributed by atoms with Crippen molar-refractivity contribution in [1.29, 1.82) is 0 Å². The van der Waals surface area contributed by atoms with Crippen molar-refractivity contribution in [2.24, 2.45) is 0 Å². The molecule has 2 aromatic heterocycles. The van der Waals surface area contributed by atoms with Gasteiger partial charge in [-0.05, 0) is 38.5 Å². The second-order valence-corrected chi connectivity index (χ2v) is 8.59. The highest BCUT2D eigenvalue weighted by molar-refractivity contribution is 7.22. The third-order valence-corrected chi connectivity index (χ3v) is 6.25. The zero-order valence-corrected chi connectivity index (χ0v) is 18.0. The summed E-state index contributed by atoms with van der Waals surface area (Å²) in [4.78, 5) is 22.5. The van der Waals surface area contributed by atoms with Gasteiger partial charge in [-0.1, -0.05) is 23.5 Å². The van der Waals surface area contributed by atoms with E-state index in [-0.39, 0.29) is 11.9 Å². The van der Waals surface area contributed by atoms with Crippen molar-refractivity contribution in [2.75, 3.05) is 44.3 Å². The van der Waals surface area contributed by atoms with Gasteiger partial charge in [-0.15, -0.1) is 0 Å². The van der Waals surface area contributed by atoms with E-state index in [2.05, 4.69) is 29.1 Å². The number of hydrogen-bond acceptors (Lipinski definition) is 6. The molecule has 1 amide bonds. The van der Waals surface area contributed by atoms with Crippen LogP contribution in [0.25, 0.3) is 10.2 Å². The van der Waals surface area contributed by atoms with Crippen LogP contribution >= 0.6 is 11.3 Å². The molecule has 1 saturated heterocycles. The summed E-state index contributed by atoms with van der Waals surface area (Å²) < 4.78 is 8.33. The number of ether oxygens (including phenoxy) is 1. The fourth-order valence-electron chi connectivity index (χ4n) is 3.57. The van der Waals surface area contributed by atoms with E-state index >= 15 is 0 Å². The number of morpholine rings is 1. The second kappa shape index (κ2) is 8.61.